The highest BCUT2D eigenvalue weighted by Crippen LogP contribution is 2.27. The number of nitrogens with one attached hydrogen (secondary N) is 2. The highest BCUT2D eigenvalue weighted by molar-refractivity contribution is 7.10. The maximum Gasteiger partial charge on any atom is 0.230 e. The van der Waals surface area contributed by atoms with Crippen molar-refractivity contribution in [3.8, 4) is 0 Å². The van der Waals surface area contributed by atoms with Gasteiger partial charge in [0.15, 0.2) is 0 Å². The Hall–Kier alpha value is -0.580. The van der Waals surface area contributed by atoms with E-state index in [1.807, 2.05) is 31.4 Å². The smallest absolute Gasteiger partial charge is 0.230 e. The van der Waals surface area contributed by atoms with E-state index in [0.717, 1.165) is 36.9 Å². The van der Waals surface area contributed by atoms with Crippen molar-refractivity contribution in [1.29, 1.82) is 0 Å². The summed E-state index contributed by atoms with van der Waals surface area (Å²) in [5, 5.41) is 8.45. The van der Waals surface area contributed by atoms with Gasteiger partial charge in [-0.3, -0.25) is 4.79 Å². The summed E-state index contributed by atoms with van der Waals surface area (Å²) in [4.78, 5) is 13.3. The maximum atomic E-state index is 12.2. The molecule has 0 spiro atoms. The van der Waals surface area contributed by atoms with Crippen LogP contribution in [0.15, 0.2) is 17.5 Å². The molecule has 2 N–H and O–H groups in total. The molecule has 1 aliphatic heterocycles. The average Bonchev–Trinajstić information content (AvgIpc) is 3.02. The van der Waals surface area contributed by atoms with Crippen LogP contribution < -0.4 is 10.6 Å². The van der Waals surface area contributed by atoms with E-state index in [9.17, 15) is 4.79 Å². The summed E-state index contributed by atoms with van der Waals surface area (Å²) in [5.41, 5.74) is -0.415. The molecule has 0 aromatic carbocycles. The summed E-state index contributed by atoms with van der Waals surface area (Å²) >= 11 is 1.65. The van der Waals surface area contributed by atoms with Crippen molar-refractivity contribution in [3.05, 3.63) is 22.4 Å². The molecule has 1 atom stereocenters. The van der Waals surface area contributed by atoms with Gasteiger partial charge in [0.05, 0.1) is 5.41 Å². The average molecular weight is 303 g/mol. The lowest BCUT2D eigenvalue weighted by atomic mass is 9.90. The molecule has 0 aliphatic carbocycles. The van der Waals surface area contributed by atoms with E-state index in [2.05, 4.69) is 10.6 Å². The van der Waals surface area contributed by atoms with Gasteiger partial charge < -0.3 is 10.6 Å². The van der Waals surface area contributed by atoms with Crippen molar-refractivity contribution >= 4 is 29.7 Å². The molecule has 1 unspecified atom stereocenters. The molecule has 2 heterocycles. The summed E-state index contributed by atoms with van der Waals surface area (Å²) in [7, 11) is 0. The summed E-state index contributed by atoms with van der Waals surface area (Å²) < 4.78 is 0. The van der Waals surface area contributed by atoms with E-state index in [0.29, 0.717) is 0 Å². The number of thiophene rings is 1. The van der Waals surface area contributed by atoms with E-state index in [1.54, 1.807) is 11.3 Å². The van der Waals surface area contributed by atoms with Crippen molar-refractivity contribution in [2.24, 2.45) is 5.92 Å². The Morgan fingerprint density at radius 2 is 2.37 bits per heavy atom. The number of rotatable bonds is 5. The Labute approximate surface area is 125 Å². The topological polar surface area (TPSA) is 41.1 Å². The van der Waals surface area contributed by atoms with Gasteiger partial charge in [0.2, 0.25) is 5.91 Å². The lowest BCUT2D eigenvalue weighted by Crippen LogP contribution is -2.40. The summed E-state index contributed by atoms with van der Waals surface area (Å²) in [5.74, 6) is 0.867. The molecule has 0 radical (unpaired) electrons. The van der Waals surface area contributed by atoms with Crippen molar-refractivity contribution < 1.29 is 4.79 Å². The van der Waals surface area contributed by atoms with Crippen LogP contribution in [0.3, 0.4) is 0 Å². The normalized spacial score (nSPS) is 18.9. The van der Waals surface area contributed by atoms with Crippen molar-refractivity contribution in [3.63, 3.8) is 0 Å². The van der Waals surface area contributed by atoms with Crippen LogP contribution in [0.2, 0.25) is 0 Å². The predicted molar refractivity (Wildman–Crippen MR) is 83.2 cm³/mol. The lowest BCUT2D eigenvalue weighted by Gasteiger charge is -2.22. The summed E-state index contributed by atoms with van der Waals surface area (Å²) in [6.45, 7) is 7.00. The van der Waals surface area contributed by atoms with Crippen LogP contribution in [0.5, 0.6) is 0 Å². The molecular weight excluding hydrogens is 280 g/mol. The number of hydrogen-bond donors (Lipinski definition) is 2. The van der Waals surface area contributed by atoms with Crippen LogP contribution in [0.1, 0.15) is 31.6 Å². The maximum absolute atomic E-state index is 12.2. The third kappa shape index (κ3) is 4.20. The fraction of sp³-hybridized carbons (Fsp3) is 0.643. The van der Waals surface area contributed by atoms with Crippen molar-refractivity contribution in [2.45, 2.75) is 32.1 Å². The molecule has 5 heteroatoms. The third-order valence-electron chi connectivity index (χ3n) is 3.71. The van der Waals surface area contributed by atoms with Crippen LogP contribution in [0.4, 0.5) is 0 Å². The van der Waals surface area contributed by atoms with E-state index < -0.39 is 5.41 Å². The Bertz CT molecular complexity index is 386. The quantitative estimate of drug-likeness (QED) is 0.878. The first-order valence-corrected chi connectivity index (χ1v) is 7.51. The zero-order chi connectivity index (χ0) is 13.0. The molecule has 0 saturated carbocycles. The fourth-order valence-corrected chi connectivity index (χ4v) is 3.17. The molecule has 3 nitrogen and oxygen atoms in total. The van der Waals surface area contributed by atoms with Gasteiger partial charge in [-0.05, 0) is 57.1 Å². The highest BCUT2D eigenvalue weighted by Gasteiger charge is 2.30. The van der Waals surface area contributed by atoms with E-state index in [4.69, 9.17) is 0 Å². The van der Waals surface area contributed by atoms with Crippen LogP contribution in [0, 0.1) is 5.92 Å². The molecule has 108 valence electrons. The first-order valence-electron chi connectivity index (χ1n) is 6.63. The third-order valence-corrected chi connectivity index (χ3v) is 4.90. The second-order valence-corrected chi connectivity index (χ2v) is 6.45. The first kappa shape index (κ1) is 16.5. The van der Waals surface area contributed by atoms with Crippen LogP contribution >= 0.6 is 23.7 Å². The molecule has 1 amide bonds. The molecule has 1 aromatic heterocycles. The second kappa shape index (κ2) is 7.27. The zero-order valence-corrected chi connectivity index (χ0v) is 13.2. The van der Waals surface area contributed by atoms with Gasteiger partial charge >= 0.3 is 0 Å². The van der Waals surface area contributed by atoms with Gasteiger partial charge in [-0.1, -0.05) is 6.07 Å². The Morgan fingerprint density at radius 3 is 2.95 bits per heavy atom. The minimum Gasteiger partial charge on any atom is -0.355 e. The summed E-state index contributed by atoms with van der Waals surface area (Å²) in [6, 6.07) is 4.03. The first-order chi connectivity index (χ1) is 8.60. The molecule has 1 saturated heterocycles. The van der Waals surface area contributed by atoms with Gasteiger partial charge in [0.1, 0.15) is 0 Å². The number of carbonyl (C=O) groups is 1. The molecule has 2 rings (SSSR count). The number of amides is 1. The Balaban J connectivity index is 0.00000180. The summed E-state index contributed by atoms with van der Waals surface area (Å²) in [6.07, 6.45) is 2.32. The zero-order valence-electron chi connectivity index (χ0n) is 11.6. The number of carbonyl (C=O) groups excluding carboxylic acids is 1. The SMILES string of the molecule is CC(C)(C(=O)NCCC1CCNC1)c1cccs1.Cl. The molecule has 1 aromatic rings. The lowest BCUT2D eigenvalue weighted by molar-refractivity contribution is -0.125. The standard InChI is InChI=1S/C14H22N2OS.ClH/c1-14(2,12-4-3-9-18-12)13(17)16-8-6-11-5-7-15-10-11;/h3-4,9,11,15H,5-8,10H2,1-2H3,(H,16,17);1H. The van der Waals surface area contributed by atoms with Gasteiger partial charge in [-0.25, -0.2) is 0 Å². The van der Waals surface area contributed by atoms with E-state index >= 15 is 0 Å². The van der Waals surface area contributed by atoms with Crippen LogP contribution in [-0.2, 0) is 10.2 Å². The Kier molecular flexibility index (Phi) is 6.30. The highest BCUT2D eigenvalue weighted by atomic mass is 35.5. The van der Waals surface area contributed by atoms with Gasteiger partial charge in [-0.15, -0.1) is 23.7 Å². The molecule has 0 bridgehead atoms. The van der Waals surface area contributed by atoms with Crippen LogP contribution in [0.25, 0.3) is 0 Å². The predicted octanol–water partition coefficient (Wildman–Crippen LogP) is 2.56. The van der Waals surface area contributed by atoms with E-state index in [1.165, 1.54) is 6.42 Å². The molecule has 19 heavy (non-hydrogen) atoms. The fourth-order valence-electron chi connectivity index (χ4n) is 2.32. The van der Waals surface area contributed by atoms with Gasteiger partial charge in [0.25, 0.3) is 0 Å². The Morgan fingerprint density at radius 1 is 1.58 bits per heavy atom. The minimum absolute atomic E-state index is 0. The van der Waals surface area contributed by atoms with Gasteiger partial charge in [0, 0.05) is 11.4 Å². The largest absolute Gasteiger partial charge is 0.355 e. The van der Waals surface area contributed by atoms with Crippen molar-refractivity contribution in [1.82, 2.24) is 10.6 Å². The monoisotopic (exact) mass is 302 g/mol. The van der Waals surface area contributed by atoms with E-state index in [-0.39, 0.29) is 18.3 Å². The minimum atomic E-state index is -0.415. The van der Waals surface area contributed by atoms with Crippen LogP contribution in [-0.4, -0.2) is 25.5 Å². The molecular formula is C14H23ClN2OS. The number of halogens is 1. The molecule has 1 aliphatic rings. The molecule has 1 fully saturated rings. The second-order valence-electron chi connectivity index (χ2n) is 5.51. The van der Waals surface area contributed by atoms with Gasteiger partial charge in [-0.2, -0.15) is 0 Å². The van der Waals surface area contributed by atoms with Crippen molar-refractivity contribution in [2.75, 3.05) is 19.6 Å². The number of hydrogen-bond acceptors (Lipinski definition) is 3.